The van der Waals surface area contributed by atoms with E-state index >= 15 is 0 Å². The zero-order chi connectivity index (χ0) is 20.2. The molecule has 0 bridgehead atoms. The lowest BCUT2D eigenvalue weighted by atomic mass is 9.99. The molecule has 4 rings (SSSR count). The van der Waals surface area contributed by atoms with Crippen molar-refractivity contribution in [3.63, 3.8) is 0 Å². The number of hydrogen-bond acceptors (Lipinski definition) is 2. The number of Topliss-reactive ketones (excluding diaryl/α,β-unsaturated/α-hetero) is 1. The molecule has 0 radical (unpaired) electrons. The Balaban J connectivity index is 1.37. The highest BCUT2D eigenvalue weighted by Gasteiger charge is 2.20. The second kappa shape index (κ2) is 8.48. The summed E-state index contributed by atoms with van der Waals surface area (Å²) in [6.45, 7) is 3.43. The van der Waals surface area contributed by atoms with Crippen LogP contribution in [0.2, 0.25) is 0 Å². The van der Waals surface area contributed by atoms with Gasteiger partial charge in [-0.3, -0.25) is 9.59 Å². The molecule has 0 aliphatic carbocycles. The highest BCUT2D eigenvalue weighted by Crippen LogP contribution is 2.24. The highest BCUT2D eigenvalue weighted by atomic mass is 16.2. The third-order valence-corrected chi connectivity index (χ3v) is 5.73. The number of aromatic amines is 1. The van der Waals surface area contributed by atoms with Gasteiger partial charge in [0.2, 0.25) is 5.91 Å². The maximum Gasteiger partial charge on any atom is 0.223 e. The maximum atomic E-state index is 12.7. The number of carbonyl (C=O) groups excluding carboxylic acids is 2. The number of benzene rings is 2. The van der Waals surface area contributed by atoms with E-state index in [0.717, 1.165) is 23.7 Å². The number of nitrogens with one attached hydrogen (secondary N) is 1. The van der Waals surface area contributed by atoms with Crippen LogP contribution in [0.4, 0.5) is 0 Å². The van der Waals surface area contributed by atoms with Crippen molar-refractivity contribution in [1.82, 2.24) is 9.88 Å². The predicted octanol–water partition coefficient (Wildman–Crippen LogP) is 5.01. The van der Waals surface area contributed by atoms with Gasteiger partial charge in [0.25, 0.3) is 0 Å². The number of amides is 1. The van der Waals surface area contributed by atoms with Gasteiger partial charge in [0.1, 0.15) is 0 Å². The minimum atomic E-state index is 0.0235. The summed E-state index contributed by atoms with van der Waals surface area (Å²) in [6.07, 6.45) is 6.19. The topological polar surface area (TPSA) is 53.2 Å². The van der Waals surface area contributed by atoms with Crippen LogP contribution in [0.3, 0.4) is 0 Å². The molecule has 4 nitrogen and oxygen atoms in total. The minimum Gasteiger partial charge on any atom is -0.360 e. The molecule has 1 aliphatic rings. The Hall–Kier alpha value is -3.14. The molecule has 0 fully saturated rings. The second-order valence-corrected chi connectivity index (χ2v) is 7.54. The van der Waals surface area contributed by atoms with Crippen molar-refractivity contribution in [2.75, 3.05) is 13.1 Å². The summed E-state index contributed by atoms with van der Waals surface area (Å²) in [6, 6.07) is 16.4. The summed E-state index contributed by atoms with van der Waals surface area (Å²) >= 11 is 0. The van der Waals surface area contributed by atoms with Crippen molar-refractivity contribution in [2.45, 2.75) is 32.6 Å². The molecule has 0 saturated carbocycles. The van der Waals surface area contributed by atoms with Gasteiger partial charge < -0.3 is 9.88 Å². The number of carbonyl (C=O) groups is 2. The molecule has 2 heterocycles. The van der Waals surface area contributed by atoms with Gasteiger partial charge in [-0.05, 0) is 41.7 Å². The van der Waals surface area contributed by atoms with Crippen LogP contribution in [0.5, 0.6) is 0 Å². The number of rotatable bonds is 6. The van der Waals surface area contributed by atoms with E-state index in [-0.39, 0.29) is 24.5 Å². The number of fused-ring (bicyclic) bond motifs is 1. The molecule has 0 saturated heterocycles. The van der Waals surface area contributed by atoms with Gasteiger partial charge in [-0.15, -0.1) is 0 Å². The Morgan fingerprint density at radius 2 is 1.90 bits per heavy atom. The number of hydrogen-bond donors (Lipinski definition) is 1. The molecule has 1 aliphatic heterocycles. The molecular weight excluding hydrogens is 360 g/mol. The van der Waals surface area contributed by atoms with Gasteiger partial charge in [-0.2, -0.15) is 0 Å². The maximum absolute atomic E-state index is 12.7. The van der Waals surface area contributed by atoms with Crippen LogP contribution in [0.15, 0.2) is 60.8 Å². The zero-order valence-electron chi connectivity index (χ0n) is 16.8. The van der Waals surface area contributed by atoms with Crippen molar-refractivity contribution in [1.29, 1.82) is 0 Å². The van der Waals surface area contributed by atoms with Gasteiger partial charge in [0, 0.05) is 48.6 Å². The quantitative estimate of drug-likeness (QED) is 0.606. The largest absolute Gasteiger partial charge is 0.360 e. The van der Waals surface area contributed by atoms with E-state index in [4.69, 9.17) is 0 Å². The van der Waals surface area contributed by atoms with Crippen LogP contribution in [0, 0.1) is 0 Å². The summed E-state index contributed by atoms with van der Waals surface area (Å²) in [5.74, 6) is 0.0752. The summed E-state index contributed by atoms with van der Waals surface area (Å²) in [4.78, 5) is 30.4. The summed E-state index contributed by atoms with van der Waals surface area (Å²) in [5.41, 5.74) is 5.37. The molecule has 1 aromatic heterocycles. The molecule has 0 unspecified atom stereocenters. The minimum absolute atomic E-state index is 0.0235. The molecule has 1 N–H and O–H groups in total. The van der Waals surface area contributed by atoms with E-state index in [1.807, 2.05) is 29.2 Å². The number of H-pyrrole nitrogens is 1. The van der Waals surface area contributed by atoms with E-state index in [1.165, 1.54) is 16.7 Å². The molecule has 29 heavy (non-hydrogen) atoms. The van der Waals surface area contributed by atoms with Gasteiger partial charge in [0.15, 0.2) is 5.78 Å². The summed E-state index contributed by atoms with van der Waals surface area (Å²) < 4.78 is 0. The lowest BCUT2D eigenvalue weighted by Crippen LogP contribution is -2.34. The van der Waals surface area contributed by atoms with Crippen LogP contribution >= 0.6 is 0 Å². The van der Waals surface area contributed by atoms with Crippen molar-refractivity contribution < 1.29 is 9.59 Å². The van der Waals surface area contributed by atoms with Crippen LogP contribution in [0.25, 0.3) is 16.5 Å². The molecule has 1 amide bonds. The van der Waals surface area contributed by atoms with Gasteiger partial charge in [-0.1, -0.05) is 49.4 Å². The Labute approximate surface area is 171 Å². The van der Waals surface area contributed by atoms with Gasteiger partial charge in [-0.25, -0.2) is 0 Å². The lowest BCUT2D eigenvalue weighted by Gasteiger charge is -2.26. The van der Waals surface area contributed by atoms with Crippen LogP contribution in [0.1, 0.15) is 47.7 Å². The fourth-order valence-electron chi connectivity index (χ4n) is 3.94. The van der Waals surface area contributed by atoms with E-state index in [2.05, 4.69) is 42.2 Å². The Morgan fingerprint density at radius 3 is 2.62 bits per heavy atom. The van der Waals surface area contributed by atoms with Crippen molar-refractivity contribution >= 4 is 28.2 Å². The molecular formula is C25H26N2O2. The first kappa shape index (κ1) is 19.2. The van der Waals surface area contributed by atoms with Crippen molar-refractivity contribution in [3.05, 3.63) is 77.5 Å². The summed E-state index contributed by atoms with van der Waals surface area (Å²) in [5, 5.41) is 0.954. The smallest absolute Gasteiger partial charge is 0.223 e. The molecule has 4 heteroatoms. The Morgan fingerprint density at radius 1 is 1.07 bits per heavy atom. The third-order valence-electron chi connectivity index (χ3n) is 5.73. The van der Waals surface area contributed by atoms with E-state index in [9.17, 15) is 9.59 Å². The standard InChI is InChI=1S/C25H26N2O2/c1-2-18-8-9-23-21(16-18)22(17-26-23)24(28)10-11-25(29)27-14-12-20(13-15-27)19-6-4-3-5-7-19/h3-9,12,16-17,26H,2,10-11,13-15H2,1H3. The number of nitrogens with zero attached hydrogens (tertiary/aromatic N) is 1. The van der Waals surface area contributed by atoms with E-state index in [1.54, 1.807) is 6.20 Å². The SMILES string of the molecule is CCc1ccc2[nH]cc(C(=O)CCC(=O)N3CC=C(c4ccccc4)CC3)c2c1. The van der Waals surface area contributed by atoms with E-state index < -0.39 is 0 Å². The molecule has 2 aromatic carbocycles. The van der Waals surface area contributed by atoms with Gasteiger partial charge in [0.05, 0.1) is 0 Å². The first-order valence-corrected chi connectivity index (χ1v) is 10.3. The van der Waals surface area contributed by atoms with Crippen molar-refractivity contribution in [3.8, 4) is 0 Å². The van der Waals surface area contributed by atoms with Crippen molar-refractivity contribution in [2.24, 2.45) is 0 Å². The Kier molecular flexibility index (Phi) is 5.61. The fraction of sp³-hybridized carbons (Fsp3) is 0.280. The average molecular weight is 386 g/mol. The normalized spacial score (nSPS) is 14.1. The third kappa shape index (κ3) is 4.16. The van der Waals surface area contributed by atoms with Gasteiger partial charge >= 0.3 is 0 Å². The van der Waals surface area contributed by atoms with E-state index in [0.29, 0.717) is 18.7 Å². The lowest BCUT2D eigenvalue weighted by molar-refractivity contribution is -0.130. The predicted molar refractivity (Wildman–Crippen MR) is 117 cm³/mol. The van der Waals surface area contributed by atoms with Crippen LogP contribution < -0.4 is 0 Å². The zero-order valence-corrected chi connectivity index (χ0v) is 16.8. The van der Waals surface area contributed by atoms with Crippen LogP contribution in [-0.4, -0.2) is 34.7 Å². The second-order valence-electron chi connectivity index (χ2n) is 7.54. The first-order valence-electron chi connectivity index (χ1n) is 10.3. The first-order chi connectivity index (χ1) is 14.2. The monoisotopic (exact) mass is 386 g/mol. The fourth-order valence-corrected chi connectivity index (χ4v) is 3.94. The molecule has 3 aromatic rings. The molecule has 148 valence electrons. The number of ketones is 1. The average Bonchev–Trinajstić information content (AvgIpc) is 3.21. The molecule has 0 atom stereocenters. The summed E-state index contributed by atoms with van der Waals surface area (Å²) in [7, 11) is 0. The highest BCUT2D eigenvalue weighted by molar-refractivity contribution is 6.08. The van der Waals surface area contributed by atoms with Crippen LogP contribution in [-0.2, 0) is 11.2 Å². The molecule has 0 spiro atoms. The Bertz CT molecular complexity index is 1060. The number of aromatic nitrogens is 1. The number of aryl methyl sites for hydroxylation is 1.